The van der Waals surface area contributed by atoms with Crippen LogP contribution < -0.4 is 4.90 Å². The molecule has 0 N–H and O–H groups in total. The molecule has 40 heavy (non-hydrogen) atoms. The SMILES string of the molecule is COC(=O)c1ccc(N2C(=O)CC(N(CCc3cccc(Cl)c3)S(=O)(=O)c3ccc4ccccc4c3)C2=O)cc1. The first kappa shape index (κ1) is 27.5. The van der Waals surface area contributed by atoms with Crippen LogP contribution >= 0.6 is 11.6 Å². The van der Waals surface area contributed by atoms with Crippen LogP contribution in [0.4, 0.5) is 5.69 Å². The molecule has 0 aromatic heterocycles. The lowest BCUT2D eigenvalue weighted by Crippen LogP contribution is -2.46. The molecule has 8 nitrogen and oxygen atoms in total. The highest BCUT2D eigenvalue weighted by atomic mass is 35.5. The molecule has 1 fully saturated rings. The van der Waals surface area contributed by atoms with Crippen molar-refractivity contribution in [2.75, 3.05) is 18.6 Å². The maximum Gasteiger partial charge on any atom is 0.337 e. The smallest absolute Gasteiger partial charge is 0.337 e. The van der Waals surface area contributed by atoms with Gasteiger partial charge in [-0.2, -0.15) is 4.31 Å². The number of fused-ring (bicyclic) bond motifs is 1. The summed E-state index contributed by atoms with van der Waals surface area (Å²) in [6.07, 6.45) is -0.0425. The van der Waals surface area contributed by atoms with Gasteiger partial charge in [-0.1, -0.05) is 54.1 Å². The number of halogens is 1. The Kier molecular flexibility index (Phi) is 7.71. The highest BCUT2D eigenvalue weighted by Gasteiger charge is 2.46. The summed E-state index contributed by atoms with van der Waals surface area (Å²) in [7, 11) is -2.95. The monoisotopic (exact) mass is 576 g/mol. The number of hydrogen-bond acceptors (Lipinski definition) is 6. The van der Waals surface area contributed by atoms with E-state index in [1.54, 1.807) is 30.3 Å². The molecule has 2 amide bonds. The fraction of sp³-hybridized carbons (Fsp3) is 0.167. The molecule has 0 bridgehead atoms. The second-order valence-electron chi connectivity index (χ2n) is 9.33. The molecular formula is C30H25ClN2O6S. The highest BCUT2D eigenvalue weighted by molar-refractivity contribution is 7.89. The number of ether oxygens (including phenoxy) is 1. The van der Waals surface area contributed by atoms with Crippen molar-refractivity contribution in [2.45, 2.75) is 23.8 Å². The number of carbonyl (C=O) groups excluding carboxylic acids is 3. The number of methoxy groups -OCH3 is 1. The predicted molar refractivity (Wildman–Crippen MR) is 152 cm³/mol. The van der Waals surface area contributed by atoms with Gasteiger partial charge in [0, 0.05) is 11.6 Å². The maximum atomic E-state index is 14.1. The van der Waals surface area contributed by atoms with E-state index in [-0.39, 0.29) is 35.5 Å². The standard InChI is InChI=1S/C30H25ClN2O6S/c1-39-30(36)22-9-12-25(13-10-22)33-28(34)19-27(29(33)35)32(16-15-20-5-4-8-24(31)17-20)40(37,38)26-14-11-21-6-2-3-7-23(21)18-26/h2-14,17-18,27H,15-16,19H2,1H3. The number of hydrogen-bond donors (Lipinski definition) is 0. The van der Waals surface area contributed by atoms with E-state index in [0.717, 1.165) is 25.5 Å². The zero-order chi connectivity index (χ0) is 28.4. The molecule has 0 saturated carbocycles. The summed E-state index contributed by atoms with van der Waals surface area (Å²) in [5.74, 6) is -1.76. The third kappa shape index (κ3) is 5.36. The first-order valence-electron chi connectivity index (χ1n) is 12.5. The molecule has 1 unspecified atom stereocenters. The number of nitrogens with zero attached hydrogens (tertiary/aromatic N) is 2. The van der Waals surface area contributed by atoms with Crippen LogP contribution in [0.25, 0.3) is 10.8 Å². The first-order chi connectivity index (χ1) is 19.2. The summed E-state index contributed by atoms with van der Waals surface area (Å²) in [6.45, 7) is -0.0473. The van der Waals surface area contributed by atoms with Gasteiger partial charge in [0.05, 0.1) is 29.7 Å². The van der Waals surface area contributed by atoms with Crippen molar-refractivity contribution in [1.82, 2.24) is 4.31 Å². The zero-order valence-corrected chi connectivity index (χ0v) is 23.1. The van der Waals surface area contributed by atoms with Gasteiger partial charge >= 0.3 is 5.97 Å². The third-order valence-corrected chi connectivity index (χ3v) is 8.99. The third-order valence-electron chi connectivity index (χ3n) is 6.85. The fourth-order valence-electron chi connectivity index (χ4n) is 4.82. The summed E-state index contributed by atoms with van der Waals surface area (Å²) < 4.78 is 33.9. The van der Waals surface area contributed by atoms with Gasteiger partial charge in [0.15, 0.2) is 0 Å². The van der Waals surface area contributed by atoms with E-state index in [2.05, 4.69) is 0 Å². The Morgan fingerprint density at radius 3 is 2.38 bits per heavy atom. The molecule has 204 valence electrons. The van der Waals surface area contributed by atoms with Crippen LogP contribution in [0.2, 0.25) is 5.02 Å². The molecule has 1 aliphatic heterocycles. The Balaban J connectivity index is 1.50. The molecule has 1 atom stereocenters. The lowest BCUT2D eigenvalue weighted by Gasteiger charge is -2.27. The van der Waals surface area contributed by atoms with Crippen LogP contribution in [0, 0.1) is 0 Å². The van der Waals surface area contributed by atoms with Crippen molar-refractivity contribution >= 4 is 55.9 Å². The van der Waals surface area contributed by atoms with Gasteiger partial charge in [-0.25, -0.2) is 18.1 Å². The lowest BCUT2D eigenvalue weighted by atomic mass is 10.1. The molecular weight excluding hydrogens is 552 g/mol. The first-order valence-corrected chi connectivity index (χ1v) is 14.3. The van der Waals surface area contributed by atoms with Crippen LogP contribution in [0.1, 0.15) is 22.3 Å². The summed E-state index contributed by atoms with van der Waals surface area (Å²) in [5.41, 5.74) is 1.28. The average Bonchev–Trinajstić information content (AvgIpc) is 3.25. The quantitative estimate of drug-likeness (QED) is 0.220. The van der Waals surface area contributed by atoms with Gasteiger partial charge in [-0.05, 0) is 71.3 Å². The van der Waals surface area contributed by atoms with E-state index in [0.29, 0.717) is 5.02 Å². The number of benzene rings is 4. The predicted octanol–water partition coefficient (Wildman–Crippen LogP) is 4.85. The van der Waals surface area contributed by atoms with Crippen molar-refractivity contribution in [3.8, 4) is 0 Å². The van der Waals surface area contributed by atoms with Gasteiger partial charge in [0.25, 0.3) is 5.91 Å². The van der Waals surface area contributed by atoms with Gasteiger partial charge in [-0.3, -0.25) is 9.59 Å². The van der Waals surface area contributed by atoms with Crippen LogP contribution in [-0.4, -0.2) is 50.2 Å². The zero-order valence-electron chi connectivity index (χ0n) is 21.5. The number of sulfonamides is 1. The van der Waals surface area contributed by atoms with Gasteiger partial charge in [-0.15, -0.1) is 0 Å². The Morgan fingerprint density at radius 1 is 0.950 bits per heavy atom. The number of anilines is 1. The molecule has 0 radical (unpaired) electrons. The number of rotatable bonds is 8. The van der Waals surface area contributed by atoms with E-state index >= 15 is 0 Å². The van der Waals surface area contributed by atoms with E-state index in [4.69, 9.17) is 16.3 Å². The van der Waals surface area contributed by atoms with Crippen molar-refractivity contribution in [3.05, 3.63) is 107 Å². The van der Waals surface area contributed by atoms with E-state index < -0.39 is 33.8 Å². The van der Waals surface area contributed by atoms with E-state index in [1.807, 2.05) is 30.3 Å². The Labute approximate surface area is 236 Å². The van der Waals surface area contributed by atoms with Crippen molar-refractivity contribution in [3.63, 3.8) is 0 Å². The normalized spacial score (nSPS) is 15.7. The summed E-state index contributed by atoms with van der Waals surface area (Å²) in [4.78, 5) is 39.6. The second kappa shape index (κ2) is 11.2. The number of carbonyl (C=O) groups is 3. The largest absolute Gasteiger partial charge is 0.465 e. The van der Waals surface area contributed by atoms with Crippen molar-refractivity contribution in [1.29, 1.82) is 0 Å². The molecule has 1 aliphatic rings. The van der Waals surface area contributed by atoms with Gasteiger partial charge in [0.1, 0.15) is 6.04 Å². The van der Waals surface area contributed by atoms with E-state index in [1.165, 1.54) is 37.4 Å². The Bertz CT molecular complexity index is 1720. The molecule has 0 aliphatic carbocycles. The van der Waals surface area contributed by atoms with Gasteiger partial charge < -0.3 is 4.74 Å². The Morgan fingerprint density at radius 2 is 1.68 bits per heavy atom. The number of imide groups is 1. The highest BCUT2D eigenvalue weighted by Crippen LogP contribution is 2.31. The van der Waals surface area contributed by atoms with Crippen molar-refractivity contribution < 1.29 is 27.5 Å². The summed E-state index contributed by atoms with van der Waals surface area (Å²) in [5, 5.41) is 2.12. The minimum atomic E-state index is -4.20. The van der Waals surface area contributed by atoms with Crippen LogP contribution in [0.5, 0.6) is 0 Å². The molecule has 5 rings (SSSR count). The topological polar surface area (TPSA) is 101 Å². The van der Waals surface area contributed by atoms with E-state index in [9.17, 15) is 22.8 Å². The Hall–Kier alpha value is -4.05. The number of amides is 2. The van der Waals surface area contributed by atoms with Crippen molar-refractivity contribution in [2.24, 2.45) is 0 Å². The van der Waals surface area contributed by atoms with Gasteiger partial charge in [0.2, 0.25) is 15.9 Å². The summed E-state index contributed by atoms with van der Waals surface area (Å²) >= 11 is 6.13. The fourth-order valence-corrected chi connectivity index (χ4v) is 6.65. The minimum Gasteiger partial charge on any atom is -0.465 e. The van der Waals surface area contributed by atoms with Crippen LogP contribution in [0.15, 0.2) is 95.9 Å². The number of esters is 1. The summed E-state index contributed by atoms with van der Waals surface area (Å²) in [6, 6.07) is 23.8. The molecule has 4 aromatic carbocycles. The van der Waals surface area contributed by atoms with Crippen LogP contribution in [-0.2, 0) is 30.8 Å². The molecule has 1 saturated heterocycles. The molecule has 0 spiro atoms. The maximum absolute atomic E-state index is 14.1. The molecule has 10 heteroatoms. The molecule has 4 aromatic rings. The lowest BCUT2D eigenvalue weighted by molar-refractivity contribution is -0.122. The minimum absolute atomic E-state index is 0.0263. The second-order valence-corrected chi connectivity index (χ2v) is 11.7. The van der Waals surface area contributed by atoms with Crippen LogP contribution in [0.3, 0.4) is 0 Å². The average molecular weight is 577 g/mol. The molecule has 1 heterocycles.